The molecule has 0 fully saturated rings. The van der Waals surface area contributed by atoms with Crippen LogP contribution >= 0.6 is 0 Å². The molecular formula is C12H14N2O3S. The van der Waals surface area contributed by atoms with Crippen molar-refractivity contribution in [2.75, 3.05) is 5.75 Å². The first kappa shape index (κ1) is 14.2. The average Bonchev–Trinajstić information content (AvgIpc) is 2.32. The summed E-state index contributed by atoms with van der Waals surface area (Å²) < 4.78 is 27.0. The molecule has 0 radical (unpaired) electrons. The highest BCUT2D eigenvalue weighted by atomic mass is 32.2. The molecule has 1 aromatic carbocycles. The van der Waals surface area contributed by atoms with Gasteiger partial charge in [-0.15, -0.1) is 0 Å². The smallest absolute Gasteiger partial charge is 0.267 e. The van der Waals surface area contributed by atoms with Crippen LogP contribution in [0.4, 0.5) is 0 Å². The summed E-state index contributed by atoms with van der Waals surface area (Å²) in [6.07, 6.45) is 0.435. The van der Waals surface area contributed by atoms with Crippen molar-refractivity contribution in [3.63, 3.8) is 0 Å². The molecule has 0 spiro atoms. The fourth-order valence-corrected chi connectivity index (χ4v) is 1.99. The Hall–Kier alpha value is -1.87. The normalized spacial score (nSPS) is 11.9. The van der Waals surface area contributed by atoms with Crippen molar-refractivity contribution in [3.05, 3.63) is 35.4 Å². The van der Waals surface area contributed by atoms with E-state index in [-0.39, 0.29) is 11.5 Å². The van der Waals surface area contributed by atoms with E-state index < -0.39 is 10.1 Å². The molecule has 0 aliphatic rings. The minimum Gasteiger partial charge on any atom is -0.267 e. The van der Waals surface area contributed by atoms with Crippen molar-refractivity contribution in [3.8, 4) is 6.07 Å². The summed E-state index contributed by atoms with van der Waals surface area (Å²) in [6, 6.07) is 8.80. The first-order chi connectivity index (χ1) is 8.48. The van der Waals surface area contributed by atoms with Crippen LogP contribution < -0.4 is 0 Å². The molecule has 1 aromatic rings. The predicted octanol–water partition coefficient (Wildman–Crippen LogP) is 1.98. The number of nitriles is 1. The van der Waals surface area contributed by atoms with Crippen molar-refractivity contribution >= 4 is 15.8 Å². The van der Waals surface area contributed by atoms with Gasteiger partial charge in [-0.1, -0.05) is 41.9 Å². The van der Waals surface area contributed by atoms with E-state index in [4.69, 9.17) is 5.26 Å². The minimum atomic E-state index is -3.69. The van der Waals surface area contributed by atoms with Gasteiger partial charge in [0.1, 0.15) is 6.07 Å². The number of hydrogen-bond donors (Lipinski definition) is 0. The molecule has 0 aliphatic heterocycles. The van der Waals surface area contributed by atoms with E-state index in [1.807, 2.05) is 25.1 Å². The number of hydrogen-bond acceptors (Lipinski definition) is 5. The molecule has 0 saturated carbocycles. The van der Waals surface area contributed by atoms with E-state index in [0.29, 0.717) is 12.0 Å². The lowest BCUT2D eigenvalue weighted by molar-refractivity contribution is 0.339. The number of benzene rings is 1. The van der Waals surface area contributed by atoms with Crippen LogP contribution in [0.25, 0.3) is 0 Å². The van der Waals surface area contributed by atoms with E-state index >= 15 is 0 Å². The summed E-state index contributed by atoms with van der Waals surface area (Å²) in [5, 5.41) is 12.3. The molecule has 18 heavy (non-hydrogen) atoms. The summed E-state index contributed by atoms with van der Waals surface area (Å²) in [5.74, 6) is -0.122. The standard InChI is InChI=1S/C12H14N2O3S/c1-3-8-18(15,16)17-14-12(9-13)11-6-4-10(2)5-7-11/h4-7H,3,8H2,1-2H3. The molecule has 0 heterocycles. The first-order valence-corrected chi connectivity index (χ1v) is 7.02. The van der Waals surface area contributed by atoms with Gasteiger partial charge in [-0.3, -0.25) is 4.28 Å². The maximum atomic E-state index is 11.3. The van der Waals surface area contributed by atoms with Gasteiger partial charge < -0.3 is 0 Å². The lowest BCUT2D eigenvalue weighted by Gasteiger charge is -2.01. The summed E-state index contributed by atoms with van der Waals surface area (Å²) in [7, 11) is -3.69. The van der Waals surface area contributed by atoms with Gasteiger partial charge in [0.15, 0.2) is 5.71 Å². The maximum absolute atomic E-state index is 11.3. The molecular weight excluding hydrogens is 252 g/mol. The van der Waals surface area contributed by atoms with Crippen molar-refractivity contribution < 1.29 is 12.7 Å². The average molecular weight is 266 g/mol. The van der Waals surface area contributed by atoms with Crippen molar-refractivity contribution in [2.45, 2.75) is 20.3 Å². The van der Waals surface area contributed by atoms with E-state index in [2.05, 4.69) is 9.44 Å². The highest BCUT2D eigenvalue weighted by Gasteiger charge is 2.11. The zero-order valence-corrected chi connectivity index (χ0v) is 11.1. The Kier molecular flexibility index (Phi) is 4.86. The number of oxime groups is 1. The third-order valence-corrected chi connectivity index (χ3v) is 3.34. The van der Waals surface area contributed by atoms with Crippen LogP contribution in [0, 0.1) is 18.3 Å². The Balaban J connectivity index is 2.92. The highest BCUT2D eigenvalue weighted by Crippen LogP contribution is 2.06. The van der Waals surface area contributed by atoms with E-state index in [1.165, 1.54) is 0 Å². The van der Waals surface area contributed by atoms with Crippen LogP contribution in [0.1, 0.15) is 24.5 Å². The van der Waals surface area contributed by atoms with Gasteiger partial charge in [0.25, 0.3) is 0 Å². The molecule has 1 rings (SSSR count). The predicted molar refractivity (Wildman–Crippen MR) is 68.5 cm³/mol. The SMILES string of the molecule is CCCS(=O)(=O)ON=C(C#N)c1ccc(C)cc1. The molecule has 0 N–H and O–H groups in total. The third-order valence-electron chi connectivity index (χ3n) is 2.13. The van der Waals surface area contributed by atoms with Crippen molar-refractivity contribution in [2.24, 2.45) is 5.16 Å². The molecule has 0 bridgehead atoms. The number of aryl methyl sites for hydroxylation is 1. The lowest BCUT2D eigenvalue weighted by Crippen LogP contribution is -2.08. The second-order valence-electron chi connectivity index (χ2n) is 3.75. The number of nitrogens with zero attached hydrogens (tertiary/aromatic N) is 2. The van der Waals surface area contributed by atoms with E-state index in [0.717, 1.165) is 5.56 Å². The summed E-state index contributed by atoms with van der Waals surface area (Å²) in [5.41, 5.74) is 1.50. The quantitative estimate of drug-likeness (QED) is 0.603. The van der Waals surface area contributed by atoms with Gasteiger partial charge in [0.2, 0.25) is 0 Å². The maximum Gasteiger partial charge on any atom is 0.328 e. The third kappa shape index (κ3) is 4.18. The van der Waals surface area contributed by atoms with Crippen LogP contribution in [0.3, 0.4) is 0 Å². The monoisotopic (exact) mass is 266 g/mol. The van der Waals surface area contributed by atoms with Gasteiger partial charge in [-0.2, -0.15) is 13.7 Å². The lowest BCUT2D eigenvalue weighted by atomic mass is 10.1. The second kappa shape index (κ2) is 6.17. The molecule has 0 saturated heterocycles. The Morgan fingerprint density at radius 2 is 2.00 bits per heavy atom. The van der Waals surface area contributed by atoms with Gasteiger partial charge in [-0.25, -0.2) is 0 Å². The molecule has 0 aliphatic carbocycles. The molecule has 0 amide bonds. The zero-order chi connectivity index (χ0) is 13.6. The molecule has 96 valence electrons. The van der Waals surface area contributed by atoms with Crippen LogP contribution in [0.2, 0.25) is 0 Å². The topological polar surface area (TPSA) is 79.5 Å². The largest absolute Gasteiger partial charge is 0.328 e. The molecule has 5 nitrogen and oxygen atoms in total. The molecule has 0 aromatic heterocycles. The molecule has 6 heteroatoms. The number of rotatable bonds is 5. The fourth-order valence-electron chi connectivity index (χ4n) is 1.23. The molecule has 0 atom stereocenters. The second-order valence-corrected chi connectivity index (χ2v) is 5.43. The van der Waals surface area contributed by atoms with Gasteiger partial charge in [0.05, 0.1) is 5.75 Å². The first-order valence-electron chi connectivity index (χ1n) is 5.45. The van der Waals surface area contributed by atoms with Crippen LogP contribution in [0.15, 0.2) is 29.4 Å². The highest BCUT2D eigenvalue weighted by molar-refractivity contribution is 7.86. The van der Waals surface area contributed by atoms with Crippen LogP contribution in [-0.4, -0.2) is 19.9 Å². The van der Waals surface area contributed by atoms with Gasteiger partial charge in [-0.05, 0) is 13.3 Å². The van der Waals surface area contributed by atoms with Crippen molar-refractivity contribution in [1.82, 2.24) is 0 Å². The Labute approximate surface area is 107 Å². The minimum absolute atomic E-state index is 0.0605. The van der Waals surface area contributed by atoms with E-state index in [1.54, 1.807) is 19.1 Å². The van der Waals surface area contributed by atoms with Gasteiger partial charge >= 0.3 is 10.1 Å². The Morgan fingerprint density at radius 3 is 2.50 bits per heavy atom. The molecule has 0 unspecified atom stereocenters. The zero-order valence-electron chi connectivity index (χ0n) is 10.3. The summed E-state index contributed by atoms with van der Waals surface area (Å²) >= 11 is 0. The fraction of sp³-hybridized carbons (Fsp3) is 0.333. The Bertz CT molecular complexity index is 568. The van der Waals surface area contributed by atoms with Gasteiger partial charge in [0, 0.05) is 5.56 Å². The Morgan fingerprint density at radius 1 is 1.39 bits per heavy atom. The van der Waals surface area contributed by atoms with Crippen LogP contribution in [0.5, 0.6) is 0 Å². The van der Waals surface area contributed by atoms with E-state index in [9.17, 15) is 8.42 Å². The summed E-state index contributed by atoms with van der Waals surface area (Å²) in [6.45, 7) is 3.63. The van der Waals surface area contributed by atoms with Crippen molar-refractivity contribution in [1.29, 1.82) is 5.26 Å². The van der Waals surface area contributed by atoms with Crippen LogP contribution in [-0.2, 0) is 14.4 Å². The summed E-state index contributed by atoms with van der Waals surface area (Å²) in [4.78, 5) is 0.